The van der Waals surface area contributed by atoms with Crippen LogP contribution in [0.3, 0.4) is 0 Å². The number of pyridine rings is 1. The average molecular weight is 242 g/mol. The predicted molar refractivity (Wildman–Crippen MR) is 60.5 cm³/mol. The molecule has 1 unspecified atom stereocenters. The van der Waals surface area contributed by atoms with Crippen molar-refractivity contribution in [3.05, 3.63) is 18.3 Å². The quantitative estimate of drug-likeness (QED) is 0.664. The third-order valence-corrected chi connectivity index (χ3v) is 3.38. The Morgan fingerprint density at radius 1 is 1.50 bits per heavy atom. The lowest BCUT2D eigenvalue weighted by molar-refractivity contribution is 0.597. The van der Waals surface area contributed by atoms with Crippen LogP contribution in [-0.4, -0.2) is 32.5 Å². The van der Waals surface area contributed by atoms with Crippen LogP contribution < -0.4 is 15.8 Å². The van der Waals surface area contributed by atoms with Crippen molar-refractivity contribution in [2.24, 2.45) is 5.14 Å². The van der Waals surface area contributed by atoms with E-state index in [0.29, 0.717) is 11.9 Å². The van der Waals surface area contributed by atoms with Gasteiger partial charge in [-0.25, -0.2) is 18.5 Å². The Balaban J connectivity index is 2.07. The molecule has 4 N–H and O–H groups in total. The zero-order chi connectivity index (χ0) is 11.6. The molecule has 0 radical (unpaired) electrons. The van der Waals surface area contributed by atoms with Crippen LogP contribution in [0.4, 0.5) is 5.82 Å². The topological polar surface area (TPSA) is 97.1 Å². The predicted octanol–water partition coefficient (Wildman–Crippen LogP) is -0.497. The largest absolute Gasteiger partial charge is 0.366 e. The molecule has 0 spiro atoms. The van der Waals surface area contributed by atoms with Crippen LogP contribution >= 0.6 is 0 Å². The zero-order valence-electron chi connectivity index (χ0n) is 8.68. The van der Waals surface area contributed by atoms with E-state index in [4.69, 9.17) is 5.14 Å². The Morgan fingerprint density at radius 3 is 2.81 bits per heavy atom. The van der Waals surface area contributed by atoms with Crippen LogP contribution in [-0.2, 0) is 10.0 Å². The number of primary sulfonamides is 1. The fraction of sp³-hybridized carbons (Fsp3) is 0.444. The summed E-state index contributed by atoms with van der Waals surface area (Å²) >= 11 is 0. The van der Waals surface area contributed by atoms with Gasteiger partial charge in [0.05, 0.1) is 0 Å². The molecule has 2 heterocycles. The number of nitrogens with two attached hydrogens (primary N) is 1. The molecule has 0 amide bonds. The van der Waals surface area contributed by atoms with Crippen LogP contribution in [0, 0.1) is 0 Å². The first-order chi connectivity index (χ1) is 7.55. The lowest BCUT2D eigenvalue weighted by Crippen LogP contribution is -2.22. The maximum Gasteiger partial charge on any atom is 0.239 e. The molecule has 1 atom stereocenters. The summed E-state index contributed by atoms with van der Waals surface area (Å²) in [5.74, 6) is 0.668. The first-order valence-electron chi connectivity index (χ1n) is 5.02. The summed E-state index contributed by atoms with van der Waals surface area (Å²) in [5, 5.41) is 11.4. The lowest BCUT2D eigenvalue weighted by atomic mass is 10.2. The molecule has 88 valence electrons. The Labute approximate surface area is 94.3 Å². The molecule has 0 aromatic carbocycles. The van der Waals surface area contributed by atoms with Gasteiger partial charge in [-0.05, 0) is 25.1 Å². The maximum atomic E-state index is 11.0. The van der Waals surface area contributed by atoms with E-state index in [9.17, 15) is 8.42 Å². The number of nitrogens with zero attached hydrogens (tertiary/aromatic N) is 1. The number of rotatable bonds is 3. The van der Waals surface area contributed by atoms with E-state index in [2.05, 4.69) is 15.6 Å². The highest BCUT2D eigenvalue weighted by atomic mass is 32.2. The van der Waals surface area contributed by atoms with Gasteiger partial charge in [0.25, 0.3) is 0 Å². The number of sulfonamides is 1. The normalized spacial score (nSPS) is 20.9. The van der Waals surface area contributed by atoms with Gasteiger partial charge in [0.2, 0.25) is 10.0 Å². The number of nitrogens with one attached hydrogen (secondary N) is 2. The summed E-state index contributed by atoms with van der Waals surface area (Å²) < 4.78 is 22.0. The summed E-state index contributed by atoms with van der Waals surface area (Å²) in [4.78, 5) is 4.04. The molecule has 7 heteroatoms. The first kappa shape index (κ1) is 11.3. The molecule has 6 nitrogen and oxygen atoms in total. The summed E-state index contributed by atoms with van der Waals surface area (Å²) in [6, 6.07) is 3.43. The molecule has 1 aliphatic rings. The van der Waals surface area contributed by atoms with Crippen molar-refractivity contribution in [1.82, 2.24) is 10.3 Å². The van der Waals surface area contributed by atoms with Crippen molar-refractivity contribution in [2.75, 3.05) is 18.4 Å². The highest BCUT2D eigenvalue weighted by Crippen LogP contribution is 2.11. The second-order valence-corrected chi connectivity index (χ2v) is 5.32. The standard InChI is InChI=1S/C9H14N4O2S/c10-16(14,15)8-1-2-9(12-6-8)13-7-3-4-11-5-7/h1-2,6-7,11H,3-5H2,(H,12,13)(H2,10,14,15). The molecule has 0 aliphatic carbocycles. The minimum absolute atomic E-state index is 0.0302. The van der Waals surface area contributed by atoms with Gasteiger partial charge in [-0.15, -0.1) is 0 Å². The number of hydrogen-bond acceptors (Lipinski definition) is 5. The fourth-order valence-electron chi connectivity index (χ4n) is 1.62. The second kappa shape index (κ2) is 4.36. The SMILES string of the molecule is NS(=O)(=O)c1ccc(NC2CCNC2)nc1. The van der Waals surface area contributed by atoms with Crippen LogP contribution in [0.15, 0.2) is 23.2 Å². The third-order valence-electron chi connectivity index (χ3n) is 2.48. The van der Waals surface area contributed by atoms with Crippen LogP contribution in [0.25, 0.3) is 0 Å². The number of hydrogen-bond donors (Lipinski definition) is 3. The molecular weight excluding hydrogens is 228 g/mol. The van der Waals surface area contributed by atoms with E-state index in [1.54, 1.807) is 6.07 Å². The van der Waals surface area contributed by atoms with Crippen molar-refractivity contribution in [3.63, 3.8) is 0 Å². The Kier molecular flexibility index (Phi) is 3.08. The molecule has 1 aromatic heterocycles. The Morgan fingerprint density at radius 2 is 2.31 bits per heavy atom. The molecule has 1 aromatic rings. The van der Waals surface area contributed by atoms with Gasteiger partial charge >= 0.3 is 0 Å². The van der Waals surface area contributed by atoms with Crippen molar-refractivity contribution >= 4 is 15.8 Å². The Hall–Kier alpha value is -1.18. The molecule has 1 saturated heterocycles. The van der Waals surface area contributed by atoms with E-state index in [1.807, 2.05) is 0 Å². The van der Waals surface area contributed by atoms with Crippen molar-refractivity contribution in [2.45, 2.75) is 17.4 Å². The van der Waals surface area contributed by atoms with Crippen molar-refractivity contribution in [1.29, 1.82) is 0 Å². The molecule has 0 saturated carbocycles. The first-order valence-corrected chi connectivity index (χ1v) is 6.56. The van der Waals surface area contributed by atoms with Gasteiger partial charge in [0.1, 0.15) is 10.7 Å². The average Bonchev–Trinajstić information content (AvgIpc) is 2.70. The van der Waals surface area contributed by atoms with Crippen molar-refractivity contribution in [3.8, 4) is 0 Å². The van der Waals surface area contributed by atoms with Gasteiger partial charge in [0.15, 0.2) is 0 Å². The van der Waals surface area contributed by atoms with Gasteiger partial charge in [0, 0.05) is 18.8 Å². The molecule has 1 aliphatic heterocycles. The number of anilines is 1. The molecule has 16 heavy (non-hydrogen) atoms. The molecule has 1 fully saturated rings. The van der Waals surface area contributed by atoms with E-state index in [1.165, 1.54) is 12.3 Å². The summed E-state index contributed by atoms with van der Waals surface area (Å²) in [6.45, 7) is 1.89. The van der Waals surface area contributed by atoms with Gasteiger partial charge in [-0.2, -0.15) is 0 Å². The monoisotopic (exact) mass is 242 g/mol. The third kappa shape index (κ3) is 2.69. The van der Waals surface area contributed by atoms with E-state index < -0.39 is 10.0 Å². The minimum atomic E-state index is -3.65. The number of aromatic nitrogens is 1. The molecular formula is C9H14N4O2S. The fourth-order valence-corrected chi connectivity index (χ4v) is 2.08. The lowest BCUT2D eigenvalue weighted by Gasteiger charge is -2.11. The zero-order valence-corrected chi connectivity index (χ0v) is 9.50. The van der Waals surface area contributed by atoms with Crippen LogP contribution in [0.2, 0.25) is 0 Å². The summed E-state index contributed by atoms with van der Waals surface area (Å²) in [5.41, 5.74) is 0. The minimum Gasteiger partial charge on any atom is -0.366 e. The van der Waals surface area contributed by atoms with Gasteiger partial charge in [-0.1, -0.05) is 0 Å². The van der Waals surface area contributed by atoms with Crippen LogP contribution in [0.5, 0.6) is 0 Å². The smallest absolute Gasteiger partial charge is 0.239 e. The highest BCUT2D eigenvalue weighted by Gasteiger charge is 2.14. The van der Waals surface area contributed by atoms with E-state index in [0.717, 1.165) is 19.5 Å². The van der Waals surface area contributed by atoms with E-state index in [-0.39, 0.29) is 4.90 Å². The van der Waals surface area contributed by atoms with Crippen molar-refractivity contribution < 1.29 is 8.42 Å². The maximum absolute atomic E-state index is 11.0. The molecule has 2 rings (SSSR count). The summed E-state index contributed by atoms with van der Waals surface area (Å²) in [6.07, 6.45) is 2.30. The summed E-state index contributed by atoms with van der Waals surface area (Å²) in [7, 11) is -3.65. The van der Waals surface area contributed by atoms with E-state index >= 15 is 0 Å². The van der Waals surface area contributed by atoms with Crippen LogP contribution in [0.1, 0.15) is 6.42 Å². The van der Waals surface area contributed by atoms with Gasteiger partial charge in [-0.3, -0.25) is 0 Å². The van der Waals surface area contributed by atoms with Gasteiger partial charge < -0.3 is 10.6 Å². The molecule has 0 bridgehead atoms. The highest BCUT2D eigenvalue weighted by molar-refractivity contribution is 7.89. The second-order valence-electron chi connectivity index (χ2n) is 3.76. The Bertz CT molecular complexity index is 451.